The van der Waals surface area contributed by atoms with Crippen LogP contribution in [-0.2, 0) is 12.6 Å². The molecule has 0 aliphatic rings. The summed E-state index contributed by atoms with van der Waals surface area (Å²) < 4.78 is 38.4. The van der Waals surface area contributed by atoms with E-state index in [4.69, 9.17) is 5.73 Å². The first kappa shape index (κ1) is 13.3. The lowest BCUT2D eigenvalue weighted by molar-refractivity contribution is -0.137. The van der Waals surface area contributed by atoms with Gasteiger partial charge in [-0.05, 0) is 31.5 Å². The van der Waals surface area contributed by atoms with Gasteiger partial charge in [0.05, 0.1) is 20.8 Å². The minimum atomic E-state index is -4.32. The zero-order valence-corrected chi connectivity index (χ0v) is 10.6. The number of rotatable bonds is 3. The number of nitrogens with two attached hydrogens (primary N) is 1. The minimum absolute atomic E-state index is 0.0720. The van der Waals surface area contributed by atoms with Gasteiger partial charge in [0.25, 0.3) is 0 Å². The van der Waals surface area contributed by atoms with Gasteiger partial charge < -0.3 is 5.73 Å². The Hall–Kier alpha value is -1.14. The minimum Gasteiger partial charge on any atom is -0.328 e. The highest BCUT2D eigenvalue weighted by molar-refractivity contribution is 7.18. The van der Waals surface area contributed by atoms with Gasteiger partial charge in [0.2, 0.25) is 0 Å². The summed E-state index contributed by atoms with van der Waals surface area (Å²) in [5.41, 5.74) is 5.40. The van der Waals surface area contributed by atoms with Gasteiger partial charge in [-0.3, -0.25) is 0 Å². The largest absolute Gasteiger partial charge is 0.416 e. The van der Waals surface area contributed by atoms with Crippen molar-refractivity contribution in [2.24, 2.45) is 5.73 Å². The number of hydrogen-bond donors (Lipinski definition) is 1. The topological polar surface area (TPSA) is 38.9 Å². The van der Waals surface area contributed by atoms with E-state index in [9.17, 15) is 13.2 Å². The van der Waals surface area contributed by atoms with Crippen LogP contribution in [0.5, 0.6) is 0 Å². The maximum absolute atomic E-state index is 12.5. The average Bonchev–Trinajstić information content (AvgIpc) is 2.66. The van der Waals surface area contributed by atoms with Gasteiger partial charge in [-0.15, -0.1) is 11.3 Å². The molecule has 0 aliphatic heterocycles. The van der Waals surface area contributed by atoms with Crippen LogP contribution in [0, 0.1) is 0 Å². The number of thiazole rings is 1. The Morgan fingerprint density at radius 3 is 2.72 bits per heavy atom. The first-order chi connectivity index (χ1) is 8.36. The maximum atomic E-state index is 12.5. The summed E-state index contributed by atoms with van der Waals surface area (Å²) in [6.45, 7) is 1.90. The standard InChI is InChI=1S/C12H13F3N2S/c1-7(16)2-5-11-17-9-6-8(12(13,14)15)3-4-10(9)18-11/h3-4,6-7H,2,5,16H2,1H3. The van der Waals surface area contributed by atoms with Crippen molar-refractivity contribution >= 4 is 21.6 Å². The van der Waals surface area contributed by atoms with Crippen LogP contribution in [0.15, 0.2) is 18.2 Å². The lowest BCUT2D eigenvalue weighted by atomic mass is 10.2. The Labute approximate surface area is 107 Å². The van der Waals surface area contributed by atoms with Gasteiger partial charge in [-0.1, -0.05) is 0 Å². The van der Waals surface area contributed by atoms with Crippen LogP contribution in [0.25, 0.3) is 10.2 Å². The second-order valence-electron chi connectivity index (χ2n) is 4.30. The van der Waals surface area contributed by atoms with Crippen molar-refractivity contribution in [1.29, 1.82) is 0 Å². The highest BCUT2D eigenvalue weighted by atomic mass is 32.1. The number of aryl methyl sites for hydroxylation is 1. The van der Waals surface area contributed by atoms with E-state index in [0.717, 1.165) is 28.3 Å². The maximum Gasteiger partial charge on any atom is 0.416 e. The summed E-state index contributed by atoms with van der Waals surface area (Å²) in [6, 6.07) is 3.74. The number of alkyl halides is 3. The van der Waals surface area contributed by atoms with Crippen molar-refractivity contribution < 1.29 is 13.2 Å². The molecule has 0 amide bonds. The third-order valence-electron chi connectivity index (χ3n) is 2.57. The third kappa shape index (κ3) is 3.00. The molecular weight excluding hydrogens is 261 g/mol. The van der Waals surface area contributed by atoms with E-state index >= 15 is 0 Å². The van der Waals surface area contributed by atoms with Crippen molar-refractivity contribution in [3.8, 4) is 0 Å². The van der Waals surface area contributed by atoms with Gasteiger partial charge >= 0.3 is 6.18 Å². The summed E-state index contributed by atoms with van der Waals surface area (Å²) in [7, 11) is 0. The van der Waals surface area contributed by atoms with Gasteiger partial charge in [-0.25, -0.2) is 4.98 Å². The molecule has 1 heterocycles. The monoisotopic (exact) mass is 274 g/mol. The number of nitrogens with zero attached hydrogens (tertiary/aromatic N) is 1. The molecule has 2 aromatic rings. The van der Waals surface area contributed by atoms with Crippen molar-refractivity contribution in [1.82, 2.24) is 4.98 Å². The molecule has 2 N–H and O–H groups in total. The molecule has 0 saturated heterocycles. The lowest BCUT2D eigenvalue weighted by Gasteiger charge is -2.04. The highest BCUT2D eigenvalue weighted by Gasteiger charge is 2.30. The SMILES string of the molecule is CC(N)CCc1nc2cc(C(F)(F)F)ccc2s1. The number of halogens is 3. The highest BCUT2D eigenvalue weighted by Crippen LogP contribution is 2.33. The first-order valence-electron chi connectivity index (χ1n) is 5.58. The molecule has 1 unspecified atom stereocenters. The zero-order valence-electron chi connectivity index (χ0n) is 9.79. The van der Waals surface area contributed by atoms with E-state index in [-0.39, 0.29) is 6.04 Å². The number of benzene rings is 1. The average molecular weight is 274 g/mol. The van der Waals surface area contributed by atoms with E-state index in [1.165, 1.54) is 17.4 Å². The molecule has 98 valence electrons. The fourth-order valence-corrected chi connectivity index (χ4v) is 2.57. The lowest BCUT2D eigenvalue weighted by Crippen LogP contribution is -2.15. The van der Waals surface area contributed by atoms with Crippen molar-refractivity contribution in [3.05, 3.63) is 28.8 Å². The molecule has 0 aliphatic carbocycles. The number of hydrogen-bond acceptors (Lipinski definition) is 3. The van der Waals surface area contributed by atoms with E-state index in [1.54, 1.807) is 0 Å². The Balaban J connectivity index is 2.28. The summed E-state index contributed by atoms with van der Waals surface area (Å²) in [5, 5.41) is 0.835. The molecule has 6 heteroatoms. The molecule has 0 spiro atoms. The summed E-state index contributed by atoms with van der Waals surface area (Å²) in [4.78, 5) is 4.22. The Morgan fingerprint density at radius 1 is 1.39 bits per heavy atom. The van der Waals surface area contributed by atoms with Crippen molar-refractivity contribution in [3.63, 3.8) is 0 Å². The zero-order chi connectivity index (χ0) is 13.3. The molecule has 18 heavy (non-hydrogen) atoms. The molecule has 1 aromatic heterocycles. The Morgan fingerprint density at radius 2 is 2.11 bits per heavy atom. The third-order valence-corrected chi connectivity index (χ3v) is 3.67. The van der Waals surface area contributed by atoms with E-state index in [2.05, 4.69) is 4.98 Å². The van der Waals surface area contributed by atoms with Crippen molar-refractivity contribution in [2.75, 3.05) is 0 Å². The number of aromatic nitrogens is 1. The second-order valence-corrected chi connectivity index (χ2v) is 5.42. The van der Waals surface area contributed by atoms with Crippen LogP contribution in [-0.4, -0.2) is 11.0 Å². The molecule has 0 saturated carbocycles. The second kappa shape index (κ2) is 4.85. The summed E-state index contributed by atoms with van der Waals surface area (Å²) in [5.74, 6) is 0. The van der Waals surface area contributed by atoms with Crippen LogP contribution in [0.2, 0.25) is 0 Å². The molecule has 2 rings (SSSR count). The summed E-state index contributed by atoms with van der Waals surface area (Å²) in [6.07, 6.45) is -2.83. The van der Waals surface area contributed by atoms with Crippen LogP contribution in [0.3, 0.4) is 0 Å². The fraction of sp³-hybridized carbons (Fsp3) is 0.417. The fourth-order valence-electron chi connectivity index (χ4n) is 1.61. The molecule has 0 radical (unpaired) electrons. The van der Waals surface area contributed by atoms with Gasteiger partial charge in [0.15, 0.2) is 0 Å². The molecule has 1 atom stereocenters. The van der Waals surface area contributed by atoms with Gasteiger partial charge in [0, 0.05) is 12.5 Å². The summed E-state index contributed by atoms with van der Waals surface area (Å²) >= 11 is 1.42. The van der Waals surface area contributed by atoms with Crippen LogP contribution in [0.4, 0.5) is 13.2 Å². The van der Waals surface area contributed by atoms with Crippen LogP contribution >= 0.6 is 11.3 Å². The first-order valence-corrected chi connectivity index (χ1v) is 6.40. The quantitative estimate of drug-likeness (QED) is 0.928. The van der Waals surface area contributed by atoms with Gasteiger partial charge in [-0.2, -0.15) is 13.2 Å². The van der Waals surface area contributed by atoms with E-state index < -0.39 is 11.7 Å². The predicted molar refractivity (Wildman–Crippen MR) is 66.6 cm³/mol. The Kier molecular flexibility index (Phi) is 3.59. The number of fused-ring (bicyclic) bond motifs is 1. The molecule has 2 nitrogen and oxygen atoms in total. The smallest absolute Gasteiger partial charge is 0.328 e. The van der Waals surface area contributed by atoms with E-state index in [0.29, 0.717) is 11.9 Å². The van der Waals surface area contributed by atoms with Crippen LogP contribution < -0.4 is 5.73 Å². The predicted octanol–water partition coefficient (Wildman–Crippen LogP) is 3.59. The van der Waals surface area contributed by atoms with Gasteiger partial charge in [0.1, 0.15) is 0 Å². The Bertz CT molecular complexity index is 546. The molecular formula is C12H13F3N2S. The van der Waals surface area contributed by atoms with E-state index in [1.807, 2.05) is 6.92 Å². The normalized spacial score (nSPS) is 14.1. The molecule has 0 fully saturated rings. The molecule has 0 bridgehead atoms. The van der Waals surface area contributed by atoms with Crippen molar-refractivity contribution in [2.45, 2.75) is 32.0 Å². The van der Waals surface area contributed by atoms with Crippen LogP contribution in [0.1, 0.15) is 23.9 Å². The molecule has 1 aromatic carbocycles.